The molecule has 1 saturated carbocycles. The summed E-state index contributed by atoms with van der Waals surface area (Å²) in [5.74, 6) is 1.88. The molecule has 2 heterocycles. The monoisotopic (exact) mass is 359 g/mol. The van der Waals surface area contributed by atoms with Crippen LogP contribution in [0, 0.1) is 0 Å². The fourth-order valence-electron chi connectivity index (χ4n) is 4.16. The first-order valence-electron chi connectivity index (χ1n) is 9.84. The molecule has 1 saturated heterocycles. The van der Waals surface area contributed by atoms with Gasteiger partial charge in [-0.1, -0.05) is 18.9 Å². The Morgan fingerprint density at radius 1 is 1.15 bits per heavy atom. The van der Waals surface area contributed by atoms with Gasteiger partial charge in [0, 0.05) is 38.8 Å². The SMILES string of the molecule is C[C@@H](C(=O)NC1CCCC1)N1CCN(Cc2ccc3c(c2)OCO3)CC1. The number of rotatable bonds is 5. The zero-order chi connectivity index (χ0) is 17.9. The molecular formula is C20H29N3O3. The minimum absolute atomic E-state index is 0.0386. The van der Waals surface area contributed by atoms with Crippen molar-refractivity contribution in [3.8, 4) is 11.5 Å². The van der Waals surface area contributed by atoms with Gasteiger partial charge in [0.25, 0.3) is 0 Å². The van der Waals surface area contributed by atoms with Crippen LogP contribution < -0.4 is 14.8 Å². The number of piperazine rings is 1. The zero-order valence-electron chi connectivity index (χ0n) is 15.6. The van der Waals surface area contributed by atoms with Crippen molar-refractivity contribution in [2.45, 2.75) is 51.2 Å². The lowest BCUT2D eigenvalue weighted by molar-refractivity contribution is -0.127. The zero-order valence-corrected chi connectivity index (χ0v) is 15.6. The van der Waals surface area contributed by atoms with Crippen LogP contribution in [0.25, 0.3) is 0 Å². The van der Waals surface area contributed by atoms with E-state index in [0.717, 1.165) is 57.1 Å². The van der Waals surface area contributed by atoms with Crippen LogP contribution in [0.15, 0.2) is 18.2 Å². The molecule has 6 heteroatoms. The summed E-state index contributed by atoms with van der Waals surface area (Å²) in [6, 6.07) is 6.54. The molecule has 1 amide bonds. The number of ether oxygens (including phenoxy) is 2. The third-order valence-corrected chi connectivity index (χ3v) is 5.88. The average molecular weight is 359 g/mol. The molecule has 0 radical (unpaired) electrons. The molecule has 3 aliphatic rings. The van der Waals surface area contributed by atoms with Crippen molar-refractivity contribution < 1.29 is 14.3 Å². The number of hydrogen-bond donors (Lipinski definition) is 1. The van der Waals surface area contributed by atoms with Crippen LogP contribution in [0.4, 0.5) is 0 Å². The minimum atomic E-state index is -0.0386. The predicted octanol–water partition coefficient (Wildman–Crippen LogP) is 1.98. The van der Waals surface area contributed by atoms with E-state index in [1.807, 2.05) is 13.0 Å². The Bertz CT molecular complexity index is 637. The number of amides is 1. The van der Waals surface area contributed by atoms with Gasteiger partial charge in [-0.05, 0) is 37.5 Å². The highest BCUT2D eigenvalue weighted by atomic mass is 16.7. The quantitative estimate of drug-likeness (QED) is 0.871. The molecule has 6 nitrogen and oxygen atoms in total. The summed E-state index contributed by atoms with van der Waals surface area (Å²) >= 11 is 0. The van der Waals surface area contributed by atoms with Crippen LogP contribution >= 0.6 is 0 Å². The number of fused-ring (bicyclic) bond motifs is 1. The molecule has 1 aromatic rings. The first-order valence-corrected chi connectivity index (χ1v) is 9.84. The van der Waals surface area contributed by atoms with Crippen LogP contribution in [0.3, 0.4) is 0 Å². The van der Waals surface area contributed by atoms with Crippen molar-refractivity contribution in [1.29, 1.82) is 0 Å². The van der Waals surface area contributed by atoms with Gasteiger partial charge in [0.15, 0.2) is 11.5 Å². The number of nitrogens with zero attached hydrogens (tertiary/aromatic N) is 2. The Morgan fingerprint density at radius 3 is 2.65 bits per heavy atom. The van der Waals surface area contributed by atoms with Crippen molar-refractivity contribution in [2.24, 2.45) is 0 Å². The minimum Gasteiger partial charge on any atom is -0.454 e. The molecule has 4 rings (SSSR count). The molecule has 0 aromatic heterocycles. The van der Waals surface area contributed by atoms with E-state index in [-0.39, 0.29) is 11.9 Å². The van der Waals surface area contributed by atoms with Gasteiger partial charge in [-0.2, -0.15) is 0 Å². The molecule has 2 aliphatic heterocycles. The van der Waals surface area contributed by atoms with Crippen molar-refractivity contribution in [3.63, 3.8) is 0 Å². The summed E-state index contributed by atoms with van der Waals surface area (Å²) in [5, 5.41) is 3.23. The number of benzene rings is 1. The molecule has 0 unspecified atom stereocenters. The van der Waals surface area contributed by atoms with Crippen LogP contribution in [0.1, 0.15) is 38.2 Å². The molecule has 0 spiro atoms. The summed E-state index contributed by atoms with van der Waals surface area (Å²) in [6.45, 7) is 7.10. The Kier molecular flexibility index (Phi) is 5.31. The summed E-state index contributed by atoms with van der Waals surface area (Å²) in [7, 11) is 0. The Morgan fingerprint density at radius 2 is 1.88 bits per heavy atom. The van der Waals surface area contributed by atoms with Gasteiger partial charge in [-0.15, -0.1) is 0 Å². The topological polar surface area (TPSA) is 54.0 Å². The second-order valence-electron chi connectivity index (χ2n) is 7.67. The Hall–Kier alpha value is -1.79. The maximum atomic E-state index is 12.5. The summed E-state index contributed by atoms with van der Waals surface area (Å²) in [4.78, 5) is 17.2. The van der Waals surface area contributed by atoms with Crippen molar-refractivity contribution in [2.75, 3.05) is 33.0 Å². The van der Waals surface area contributed by atoms with E-state index in [1.165, 1.54) is 18.4 Å². The van der Waals surface area contributed by atoms with E-state index in [4.69, 9.17) is 9.47 Å². The van der Waals surface area contributed by atoms with Crippen molar-refractivity contribution in [3.05, 3.63) is 23.8 Å². The maximum absolute atomic E-state index is 12.5. The summed E-state index contributed by atoms with van der Waals surface area (Å²) in [5.41, 5.74) is 1.25. The van der Waals surface area contributed by atoms with Gasteiger partial charge in [0.2, 0.25) is 12.7 Å². The molecule has 1 aromatic carbocycles. The number of hydrogen-bond acceptors (Lipinski definition) is 5. The third-order valence-electron chi connectivity index (χ3n) is 5.88. The number of carbonyl (C=O) groups excluding carboxylic acids is 1. The Labute approximate surface area is 155 Å². The van der Waals surface area contributed by atoms with Gasteiger partial charge in [0.1, 0.15) is 0 Å². The first-order chi connectivity index (χ1) is 12.7. The Balaban J connectivity index is 1.25. The number of carbonyl (C=O) groups is 1. The summed E-state index contributed by atoms with van der Waals surface area (Å²) in [6.07, 6.45) is 4.78. The highest BCUT2D eigenvalue weighted by Gasteiger charge is 2.27. The van der Waals surface area contributed by atoms with E-state index in [2.05, 4.69) is 27.2 Å². The standard InChI is InChI=1S/C20H29N3O3/c1-15(20(24)21-17-4-2-3-5-17)23-10-8-22(9-11-23)13-16-6-7-18-19(12-16)26-14-25-18/h6-7,12,15,17H,2-5,8-11,13-14H2,1H3,(H,21,24)/t15-/m0/s1. The molecule has 26 heavy (non-hydrogen) atoms. The van der Waals surface area contributed by atoms with Crippen molar-refractivity contribution in [1.82, 2.24) is 15.1 Å². The van der Waals surface area contributed by atoms with Gasteiger partial charge < -0.3 is 14.8 Å². The van der Waals surface area contributed by atoms with Gasteiger partial charge in [-0.25, -0.2) is 0 Å². The average Bonchev–Trinajstić information content (AvgIpc) is 3.33. The van der Waals surface area contributed by atoms with Gasteiger partial charge in [0.05, 0.1) is 6.04 Å². The van der Waals surface area contributed by atoms with Crippen LogP contribution in [-0.4, -0.2) is 60.8 Å². The molecule has 2 fully saturated rings. The molecule has 1 atom stereocenters. The van der Waals surface area contributed by atoms with E-state index < -0.39 is 0 Å². The van der Waals surface area contributed by atoms with E-state index in [0.29, 0.717) is 12.8 Å². The van der Waals surface area contributed by atoms with Crippen molar-refractivity contribution >= 4 is 5.91 Å². The van der Waals surface area contributed by atoms with E-state index in [1.54, 1.807) is 0 Å². The summed E-state index contributed by atoms with van der Waals surface area (Å²) < 4.78 is 10.8. The second kappa shape index (κ2) is 7.84. The molecule has 1 aliphatic carbocycles. The maximum Gasteiger partial charge on any atom is 0.237 e. The van der Waals surface area contributed by atoms with Crippen LogP contribution in [-0.2, 0) is 11.3 Å². The largest absolute Gasteiger partial charge is 0.454 e. The number of nitrogens with one attached hydrogen (secondary N) is 1. The predicted molar refractivity (Wildman–Crippen MR) is 99.3 cm³/mol. The van der Waals surface area contributed by atoms with Gasteiger partial charge in [-0.3, -0.25) is 14.6 Å². The fraction of sp³-hybridized carbons (Fsp3) is 0.650. The lowest BCUT2D eigenvalue weighted by Crippen LogP contribution is -2.54. The van der Waals surface area contributed by atoms with Crippen LogP contribution in [0.5, 0.6) is 11.5 Å². The molecule has 1 N–H and O–H groups in total. The lowest BCUT2D eigenvalue weighted by Gasteiger charge is -2.37. The highest BCUT2D eigenvalue weighted by Crippen LogP contribution is 2.32. The van der Waals surface area contributed by atoms with E-state index >= 15 is 0 Å². The highest BCUT2D eigenvalue weighted by molar-refractivity contribution is 5.81. The first kappa shape index (κ1) is 17.6. The normalized spacial score (nSPS) is 22.5. The van der Waals surface area contributed by atoms with Crippen LogP contribution in [0.2, 0.25) is 0 Å². The molecular weight excluding hydrogens is 330 g/mol. The lowest BCUT2D eigenvalue weighted by atomic mass is 10.1. The van der Waals surface area contributed by atoms with Gasteiger partial charge >= 0.3 is 0 Å². The smallest absolute Gasteiger partial charge is 0.237 e. The molecule has 142 valence electrons. The van der Waals surface area contributed by atoms with E-state index in [9.17, 15) is 4.79 Å². The fourth-order valence-corrected chi connectivity index (χ4v) is 4.16. The third kappa shape index (κ3) is 3.96. The second-order valence-corrected chi connectivity index (χ2v) is 7.67. The molecule has 0 bridgehead atoms.